The number of hydrogen-bond donors (Lipinski definition) is 0. The Balaban J connectivity index is 2.01. The Labute approximate surface area is 133 Å². The van der Waals surface area contributed by atoms with Gasteiger partial charge in [0.25, 0.3) is 0 Å². The van der Waals surface area contributed by atoms with Gasteiger partial charge in [-0.25, -0.2) is 9.18 Å². The van der Waals surface area contributed by atoms with Gasteiger partial charge in [-0.1, -0.05) is 42.5 Å². The normalized spacial score (nSPS) is 16.5. The van der Waals surface area contributed by atoms with E-state index in [4.69, 9.17) is 4.74 Å². The van der Waals surface area contributed by atoms with E-state index in [0.29, 0.717) is 16.5 Å². The summed E-state index contributed by atoms with van der Waals surface area (Å²) < 4.78 is 20.0. The average molecular weight is 306 g/mol. The lowest BCUT2D eigenvalue weighted by Gasteiger charge is -2.16. The zero-order valence-corrected chi connectivity index (χ0v) is 12.9. The molecule has 3 heteroatoms. The standard InChI is InChI=1S/C20H15FO2/c1-11-6-5-9-15-17(11)20(22)23-19(15)16-10-12(2)18(21)14-8-4-3-7-13(14)16/h3-10,19H,1-2H3. The molecule has 0 saturated carbocycles. The third-order valence-corrected chi connectivity index (χ3v) is 4.49. The number of cyclic esters (lactones) is 1. The van der Waals surface area contributed by atoms with Crippen molar-refractivity contribution in [3.63, 3.8) is 0 Å². The maximum Gasteiger partial charge on any atom is 0.339 e. The van der Waals surface area contributed by atoms with E-state index >= 15 is 0 Å². The van der Waals surface area contributed by atoms with Gasteiger partial charge in [0, 0.05) is 16.5 Å². The number of carbonyl (C=O) groups excluding carboxylic acids is 1. The smallest absolute Gasteiger partial charge is 0.339 e. The Morgan fingerprint density at radius 2 is 1.65 bits per heavy atom. The van der Waals surface area contributed by atoms with Crippen molar-refractivity contribution in [2.24, 2.45) is 0 Å². The van der Waals surface area contributed by atoms with E-state index in [0.717, 1.165) is 22.1 Å². The predicted octanol–water partition coefficient (Wildman–Crippen LogP) is 4.86. The van der Waals surface area contributed by atoms with Crippen molar-refractivity contribution < 1.29 is 13.9 Å². The van der Waals surface area contributed by atoms with Crippen LogP contribution in [0.5, 0.6) is 0 Å². The van der Waals surface area contributed by atoms with Gasteiger partial charge < -0.3 is 4.74 Å². The molecule has 1 atom stereocenters. The zero-order valence-electron chi connectivity index (χ0n) is 12.9. The minimum absolute atomic E-state index is 0.224. The number of carbonyl (C=O) groups is 1. The van der Waals surface area contributed by atoms with Crippen molar-refractivity contribution in [1.82, 2.24) is 0 Å². The van der Waals surface area contributed by atoms with Crippen LogP contribution in [0.25, 0.3) is 10.8 Å². The third kappa shape index (κ3) is 1.96. The molecule has 23 heavy (non-hydrogen) atoms. The van der Waals surface area contributed by atoms with Gasteiger partial charge in [0.05, 0.1) is 5.56 Å². The van der Waals surface area contributed by atoms with Crippen molar-refractivity contribution in [3.8, 4) is 0 Å². The van der Waals surface area contributed by atoms with Crippen LogP contribution in [0.3, 0.4) is 0 Å². The molecule has 0 fully saturated rings. The van der Waals surface area contributed by atoms with Gasteiger partial charge in [-0.15, -0.1) is 0 Å². The molecule has 0 bridgehead atoms. The fraction of sp³-hybridized carbons (Fsp3) is 0.150. The van der Waals surface area contributed by atoms with Crippen LogP contribution < -0.4 is 0 Å². The Kier molecular flexibility index (Phi) is 2.98. The quantitative estimate of drug-likeness (QED) is 0.600. The molecule has 0 radical (unpaired) electrons. The molecule has 2 nitrogen and oxygen atoms in total. The van der Waals surface area contributed by atoms with Crippen LogP contribution in [-0.2, 0) is 4.74 Å². The Hall–Kier alpha value is -2.68. The van der Waals surface area contributed by atoms with Gasteiger partial charge >= 0.3 is 5.97 Å². The number of fused-ring (bicyclic) bond motifs is 2. The Bertz CT molecular complexity index is 959. The first-order valence-electron chi connectivity index (χ1n) is 7.56. The van der Waals surface area contributed by atoms with Crippen LogP contribution in [0.1, 0.15) is 38.7 Å². The highest BCUT2D eigenvalue weighted by Gasteiger charge is 2.34. The summed E-state index contributed by atoms with van der Waals surface area (Å²) in [6, 6.07) is 14.8. The summed E-state index contributed by atoms with van der Waals surface area (Å²) in [5.74, 6) is -0.535. The lowest BCUT2D eigenvalue weighted by Crippen LogP contribution is -2.03. The van der Waals surface area contributed by atoms with Crippen molar-refractivity contribution in [2.75, 3.05) is 0 Å². The van der Waals surface area contributed by atoms with Crippen LogP contribution in [0, 0.1) is 19.7 Å². The molecule has 1 aliphatic rings. The van der Waals surface area contributed by atoms with Crippen molar-refractivity contribution >= 4 is 16.7 Å². The summed E-state index contributed by atoms with van der Waals surface area (Å²) in [5, 5.41) is 1.34. The predicted molar refractivity (Wildman–Crippen MR) is 87.1 cm³/mol. The van der Waals surface area contributed by atoms with Gasteiger partial charge in [-0.05, 0) is 36.4 Å². The monoisotopic (exact) mass is 306 g/mol. The van der Waals surface area contributed by atoms with Crippen LogP contribution in [0.2, 0.25) is 0 Å². The van der Waals surface area contributed by atoms with Gasteiger partial charge in [-0.2, -0.15) is 0 Å². The Morgan fingerprint density at radius 3 is 2.43 bits per heavy atom. The summed E-state index contributed by atoms with van der Waals surface area (Å²) in [4.78, 5) is 12.3. The highest BCUT2D eigenvalue weighted by Crippen LogP contribution is 2.40. The molecule has 1 aliphatic heterocycles. The van der Waals surface area contributed by atoms with E-state index in [1.807, 2.05) is 43.3 Å². The molecule has 0 aromatic heterocycles. The lowest BCUT2D eigenvalue weighted by molar-refractivity contribution is 0.0457. The van der Waals surface area contributed by atoms with Gasteiger partial charge in [0.2, 0.25) is 0 Å². The number of ether oxygens (including phenoxy) is 1. The molecule has 0 N–H and O–H groups in total. The second-order valence-corrected chi connectivity index (χ2v) is 5.97. The molecule has 0 amide bonds. The highest BCUT2D eigenvalue weighted by molar-refractivity contribution is 5.97. The largest absolute Gasteiger partial charge is 0.449 e. The molecule has 1 heterocycles. The fourth-order valence-corrected chi connectivity index (χ4v) is 3.38. The molecule has 0 spiro atoms. The van der Waals surface area contributed by atoms with Gasteiger partial charge in [-0.3, -0.25) is 0 Å². The first kappa shape index (κ1) is 13.9. The minimum Gasteiger partial charge on any atom is -0.449 e. The van der Waals surface area contributed by atoms with Gasteiger partial charge in [0.1, 0.15) is 5.82 Å². The molecule has 0 saturated heterocycles. The fourth-order valence-electron chi connectivity index (χ4n) is 3.38. The van der Waals surface area contributed by atoms with Crippen molar-refractivity contribution in [3.05, 3.63) is 82.2 Å². The SMILES string of the molecule is Cc1cccc2c1C(=O)OC2c1cc(C)c(F)c2ccccc12. The molecule has 1 unspecified atom stereocenters. The molecular weight excluding hydrogens is 291 g/mol. The topological polar surface area (TPSA) is 26.3 Å². The van der Waals surface area contributed by atoms with Crippen molar-refractivity contribution in [1.29, 1.82) is 0 Å². The first-order chi connectivity index (χ1) is 11.1. The third-order valence-electron chi connectivity index (χ3n) is 4.49. The minimum atomic E-state index is -0.485. The van der Waals surface area contributed by atoms with Crippen LogP contribution in [0.4, 0.5) is 4.39 Å². The zero-order chi connectivity index (χ0) is 16.1. The molecule has 3 aromatic carbocycles. The first-order valence-corrected chi connectivity index (χ1v) is 7.56. The van der Waals surface area contributed by atoms with E-state index < -0.39 is 6.10 Å². The molecule has 0 aliphatic carbocycles. The summed E-state index contributed by atoms with van der Waals surface area (Å²) >= 11 is 0. The number of benzene rings is 3. The summed E-state index contributed by atoms with van der Waals surface area (Å²) in [6.07, 6.45) is -0.485. The number of esters is 1. The second-order valence-electron chi connectivity index (χ2n) is 5.97. The summed E-state index contributed by atoms with van der Waals surface area (Å²) in [5.41, 5.74) is 3.76. The maximum atomic E-state index is 14.4. The molecule has 114 valence electrons. The van der Waals surface area contributed by atoms with Gasteiger partial charge in [0.15, 0.2) is 6.10 Å². The van der Waals surface area contributed by atoms with E-state index in [1.54, 1.807) is 19.1 Å². The van der Waals surface area contributed by atoms with Crippen LogP contribution in [0.15, 0.2) is 48.5 Å². The Morgan fingerprint density at radius 1 is 0.913 bits per heavy atom. The van der Waals surface area contributed by atoms with Crippen LogP contribution >= 0.6 is 0 Å². The maximum absolute atomic E-state index is 14.4. The number of rotatable bonds is 1. The van der Waals surface area contributed by atoms with E-state index in [-0.39, 0.29) is 11.8 Å². The number of hydrogen-bond acceptors (Lipinski definition) is 2. The average Bonchev–Trinajstić information content (AvgIpc) is 2.89. The van der Waals surface area contributed by atoms with E-state index in [2.05, 4.69) is 0 Å². The van der Waals surface area contributed by atoms with E-state index in [1.165, 1.54) is 0 Å². The molecule has 4 rings (SSSR count). The lowest BCUT2D eigenvalue weighted by atomic mass is 9.91. The van der Waals surface area contributed by atoms with E-state index in [9.17, 15) is 9.18 Å². The van der Waals surface area contributed by atoms with Crippen LogP contribution in [-0.4, -0.2) is 5.97 Å². The molecule has 3 aromatic rings. The highest BCUT2D eigenvalue weighted by atomic mass is 19.1. The number of halogens is 1. The summed E-state index contributed by atoms with van der Waals surface area (Å²) in [6.45, 7) is 3.63. The number of aryl methyl sites for hydroxylation is 2. The summed E-state index contributed by atoms with van der Waals surface area (Å²) in [7, 11) is 0. The second kappa shape index (κ2) is 4.92. The molecular formula is C20H15FO2. The van der Waals surface area contributed by atoms with Crippen molar-refractivity contribution in [2.45, 2.75) is 20.0 Å².